The molecule has 1 unspecified atom stereocenters. The molecule has 1 aliphatic heterocycles. The second-order valence-corrected chi connectivity index (χ2v) is 6.98. The normalized spacial score (nSPS) is 24.3. The van der Waals surface area contributed by atoms with Crippen molar-refractivity contribution in [2.24, 2.45) is 5.73 Å². The van der Waals surface area contributed by atoms with Crippen LogP contribution >= 0.6 is 11.6 Å². The molecule has 4 nitrogen and oxygen atoms in total. The summed E-state index contributed by atoms with van der Waals surface area (Å²) < 4.78 is 0. The van der Waals surface area contributed by atoms with Gasteiger partial charge in [-0.3, -0.25) is 4.79 Å². The lowest BCUT2D eigenvalue weighted by Gasteiger charge is -2.36. The summed E-state index contributed by atoms with van der Waals surface area (Å²) in [4.78, 5) is 14.7. The maximum absolute atomic E-state index is 12.5. The Kier molecular flexibility index (Phi) is 4.59. The summed E-state index contributed by atoms with van der Waals surface area (Å²) in [5, 5.41) is 3.94. The van der Waals surface area contributed by atoms with Crippen LogP contribution in [0.2, 0.25) is 5.02 Å². The van der Waals surface area contributed by atoms with Crippen molar-refractivity contribution in [1.29, 1.82) is 0 Å². The highest BCUT2D eigenvalue weighted by Gasteiger charge is 2.38. The molecule has 1 aromatic carbocycles. The molecule has 0 radical (unpaired) electrons. The van der Waals surface area contributed by atoms with E-state index in [-0.39, 0.29) is 11.9 Å². The van der Waals surface area contributed by atoms with Gasteiger partial charge in [0.05, 0.1) is 16.2 Å². The van der Waals surface area contributed by atoms with Crippen LogP contribution in [0.15, 0.2) is 24.3 Å². The number of hydrogen-bond acceptors (Lipinski definition) is 3. The number of nitrogens with zero attached hydrogens (tertiary/aromatic N) is 1. The highest BCUT2D eigenvalue weighted by molar-refractivity contribution is 6.33. The molecule has 120 valence electrons. The Morgan fingerprint density at radius 1 is 1.27 bits per heavy atom. The Morgan fingerprint density at radius 3 is 2.73 bits per heavy atom. The zero-order valence-corrected chi connectivity index (χ0v) is 13.6. The van der Waals surface area contributed by atoms with Crippen LogP contribution < -0.4 is 16.0 Å². The number of benzene rings is 1. The fourth-order valence-electron chi connectivity index (χ4n) is 3.58. The lowest BCUT2D eigenvalue weighted by atomic mass is 9.96. The molecular weight excluding hydrogens is 298 g/mol. The molecule has 2 aliphatic rings. The van der Waals surface area contributed by atoms with Gasteiger partial charge in [0, 0.05) is 19.1 Å². The van der Waals surface area contributed by atoms with E-state index in [4.69, 9.17) is 17.3 Å². The van der Waals surface area contributed by atoms with Gasteiger partial charge in [0.1, 0.15) is 0 Å². The van der Waals surface area contributed by atoms with Crippen LogP contribution in [0, 0.1) is 0 Å². The monoisotopic (exact) mass is 321 g/mol. The molecule has 0 aromatic heterocycles. The van der Waals surface area contributed by atoms with Crippen molar-refractivity contribution in [3.05, 3.63) is 29.3 Å². The first kappa shape index (κ1) is 15.6. The van der Waals surface area contributed by atoms with E-state index in [1.165, 1.54) is 0 Å². The molecule has 1 atom stereocenters. The van der Waals surface area contributed by atoms with Crippen molar-refractivity contribution in [2.45, 2.75) is 50.1 Å². The van der Waals surface area contributed by atoms with Gasteiger partial charge in [0.15, 0.2) is 0 Å². The molecule has 3 rings (SSSR count). The van der Waals surface area contributed by atoms with Gasteiger partial charge in [-0.15, -0.1) is 0 Å². The third-order valence-electron chi connectivity index (χ3n) is 4.90. The second-order valence-electron chi connectivity index (χ2n) is 6.57. The number of nitrogens with one attached hydrogen (secondary N) is 1. The fourth-order valence-corrected chi connectivity index (χ4v) is 3.84. The van der Waals surface area contributed by atoms with Crippen LogP contribution in [0.5, 0.6) is 0 Å². The maximum atomic E-state index is 12.5. The van der Waals surface area contributed by atoms with Gasteiger partial charge in [-0.2, -0.15) is 0 Å². The van der Waals surface area contributed by atoms with Crippen LogP contribution in [-0.2, 0) is 4.79 Å². The summed E-state index contributed by atoms with van der Waals surface area (Å²) in [5.41, 5.74) is 6.64. The number of halogens is 1. The summed E-state index contributed by atoms with van der Waals surface area (Å²) >= 11 is 6.29. The molecule has 3 N–H and O–H groups in total. The van der Waals surface area contributed by atoms with Gasteiger partial charge in [-0.25, -0.2) is 0 Å². The van der Waals surface area contributed by atoms with E-state index in [0.717, 1.165) is 62.3 Å². The van der Waals surface area contributed by atoms with Crippen molar-refractivity contribution in [3.8, 4) is 0 Å². The molecule has 2 fully saturated rings. The summed E-state index contributed by atoms with van der Waals surface area (Å²) in [5.74, 6) is 0.0241. The molecule has 1 saturated carbocycles. The molecule has 1 saturated heterocycles. The number of anilines is 1. The molecule has 1 amide bonds. The predicted octanol–water partition coefficient (Wildman–Crippen LogP) is 2.70. The first-order valence-corrected chi connectivity index (χ1v) is 8.56. The molecule has 0 spiro atoms. The van der Waals surface area contributed by atoms with E-state index in [1.54, 1.807) is 0 Å². The van der Waals surface area contributed by atoms with Gasteiger partial charge in [0.25, 0.3) is 0 Å². The minimum absolute atomic E-state index is 0.0241. The van der Waals surface area contributed by atoms with Gasteiger partial charge in [-0.1, -0.05) is 36.6 Å². The maximum Gasteiger partial charge on any atom is 0.240 e. The van der Waals surface area contributed by atoms with E-state index in [1.807, 2.05) is 24.3 Å². The third kappa shape index (κ3) is 3.23. The Bertz CT molecular complexity index is 542. The standard InChI is InChI=1S/C17H24ClN3O/c18-14-7-1-2-8-15(14)21-11-5-6-13(12-21)20-16(22)17(19)9-3-4-10-17/h1-2,7-8,13H,3-6,9-12,19H2,(H,20,22). The summed E-state index contributed by atoms with van der Waals surface area (Å²) in [6.45, 7) is 1.77. The molecular formula is C17H24ClN3O. The second kappa shape index (κ2) is 6.47. The van der Waals surface area contributed by atoms with Gasteiger partial charge >= 0.3 is 0 Å². The van der Waals surface area contributed by atoms with Crippen molar-refractivity contribution < 1.29 is 4.79 Å². The average Bonchev–Trinajstić information content (AvgIpc) is 2.96. The molecule has 0 bridgehead atoms. The number of amides is 1. The van der Waals surface area contributed by atoms with Crippen LogP contribution in [0.25, 0.3) is 0 Å². The van der Waals surface area contributed by atoms with Crippen LogP contribution in [-0.4, -0.2) is 30.6 Å². The number of carbonyl (C=O) groups is 1. The van der Waals surface area contributed by atoms with Crippen LogP contribution in [0.4, 0.5) is 5.69 Å². The predicted molar refractivity (Wildman–Crippen MR) is 90.2 cm³/mol. The van der Waals surface area contributed by atoms with E-state index in [0.29, 0.717) is 0 Å². The fraction of sp³-hybridized carbons (Fsp3) is 0.588. The molecule has 1 heterocycles. The van der Waals surface area contributed by atoms with E-state index >= 15 is 0 Å². The van der Waals surface area contributed by atoms with E-state index < -0.39 is 5.54 Å². The minimum atomic E-state index is -0.646. The molecule has 22 heavy (non-hydrogen) atoms. The van der Waals surface area contributed by atoms with E-state index in [2.05, 4.69) is 10.2 Å². The first-order valence-electron chi connectivity index (χ1n) is 8.18. The Balaban J connectivity index is 1.64. The lowest BCUT2D eigenvalue weighted by molar-refractivity contribution is -0.126. The third-order valence-corrected chi connectivity index (χ3v) is 5.22. The molecule has 1 aromatic rings. The largest absolute Gasteiger partial charge is 0.368 e. The van der Waals surface area contributed by atoms with Crippen molar-refractivity contribution in [1.82, 2.24) is 5.32 Å². The topological polar surface area (TPSA) is 58.4 Å². The number of carbonyl (C=O) groups excluding carboxylic acids is 1. The first-order chi connectivity index (χ1) is 10.6. The smallest absolute Gasteiger partial charge is 0.240 e. The number of hydrogen-bond donors (Lipinski definition) is 2. The summed E-state index contributed by atoms with van der Waals surface area (Å²) in [7, 11) is 0. The summed E-state index contributed by atoms with van der Waals surface area (Å²) in [6, 6.07) is 8.03. The highest BCUT2D eigenvalue weighted by Crippen LogP contribution is 2.29. The molecule has 5 heteroatoms. The van der Waals surface area contributed by atoms with Crippen LogP contribution in [0.1, 0.15) is 38.5 Å². The Hall–Kier alpha value is -1.26. The quantitative estimate of drug-likeness (QED) is 0.900. The number of rotatable bonds is 3. The Morgan fingerprint density at radius 2 is 2.00 bits per heavy atom. The zero-order valence-electron chi connectivity index (χ0n) is 12.9. The lowest BCUT2D eigenvalue weighted by Crippen LogP contribution is -2.57. The van der Waals surface area contributed by atoms with Gasteiger partial charge < -0.3 is 16.0 Å². The van der Waals surface area contributed by atoms with E-state index in [9.17, 15) is 4.79 Å². The molecule has 1 aliphatic carbocycles. The minimum Gasteiger partial charge on any atom is -0.368 e. The Labute approximate surface area is 137 Å². The van der Waals surface area contributed by atoms with Crippen molar-refractivity contribution in [2.75, 3.05) is 18.0 Å². The average molecular weight is 322 g/mol. The zero-order chi connectivity index (χ0) is 15.6. The number of para-hydroxylation sites is 1. The van der Waals surface area contributed by atoms with Gasteiger partial charge in [0.2, 0.25) is 5.91 Å². The summed E-state index contributed by atoms with van der Waals surface area (Å²) in [6.07, 6.45) is 5.77. The van der Waals surface area contributed by atoms with Crippen LogP contribution in [0.3, 0.4) is 0 Å². The van der Waals surface area contributed by atoms with Gasteiger partial charge in [-0.05, 0) is 37.8 Å². The van der Waals surface area contributed by atoms with Crippen molar-refractivity contribution >= 4 is 23.2 Å². The SMILES string of the molecule is NC1(C(=O)NC2CCCN(c3ccccc3Cl)C2)CCCC1. The highest BCUT2D eigenvalue weighted by atomic mass is 35.5. The number of nitrogens with two attached hydrogens (primary N) is 1. The number of piperidine rings is 1. The van der Waals surface area contributed by atoms with Crippen molar-refractivity contribution in [3.63, 3.8) is 0 Å².